The highest BCUT2D eigenvalue weighted by atomic mass is 32.1. The molecular formula is C16H23FN6OS. The molecule has 9 heteroatoms. The minimum Gasteiger partial charge on any atom is -0.323 e. The van der Waals surface area contributed by atoms with Crippen LogP contribution < -0.4 is 5.32 Å². The molecule has 1 aliphatic rings. The average molecular weight is 366 g/mol. The molecule has 0 spiro atoms. The second-order valence-electron chi connectivity index (χ2n) is 6.06. The maximum absolute atomic E-state index is 12.4. The van der Waals surface area contributed by atoms with Crippen LogP contribution in [-0.2, 0) is 13.1 Å². The molecule has 1 fully saturated rings. The highest BCUT2D eigenvalue weighted by Gasteiger charge is 2.20. The summed E-state index contributed by atoms with van der Waals surface area (Å²) >= 11 is 1.67. The number of aromatic nitrogens is 3. The van der Waals surface area contributed by atoms with Gasteiger partial charge in [-0.1, -0.05) is 0 Å². The summed E-state index contributed by atoms with van der Waals surface area (Å²) < 4.78 is 13.8. The van der Waals surface area contributed by atoms with Gasteiger partial charge in [0.2, 0.25) is 0 Å². The van der Waals surface area contributed by atoms with E-state index in [-0.39, 0.29) is 12.6 Å². The number of rotatable bonds is 5. The van der Waals surface area contributed by atoms with E-state index in [1.54, 1.807) is 28.5 Å². The van der Waals surface area contributed by atoms with Gasteiger partial charge in [0.05, 0.1) is 17.2 Å². The molecule has 0 atom stereocenters. The molecule has 1 saturated heterocycles. The molecule has 2 aromatic heterocycles. The Morgan fingerprint density at radius 1 is 1.36 bits per heavy atom. The fourth-order valence-electron chi connectivity index (χ4n) is 2.87. The second kappa shape index (κ2) is 8.39. The molecule has 0 saturated carbocycles. The molecule has 3 heterocycles. The predicted molar refractivity (Wildman–Crippen MR) is 95.5 cm³/mol. The van der Waals surface area contributed by atoms with Crippen molar-refractivity contribution in [2.24, 2.45) is 0 Å². The van der Waals surface area contributed by atoms with E-state index in [0.717, 1.165) is 36.8 Å². The maximum Gasteiger partial charge on any atom is 0.323 e. The number of amides is 2. The first-order valence-electron chi connectivity index (χ1n) is 8.43. The van der Waals surface area contributed by atoms with E-state index in [0.29, 0.717) is 18.9 Å². The average Bonchev–Trinajstić information content (AvgIpc) is 3.11. The lowest BCUT2D eigenvalue weighted by Crippen LogP contribution is -2.38. The summed E-state index contributed by atoms with van der Waals surface area (Å²) in [6, 6.07) is 1.53. The number of alkyl halides is 1. The fraction of sp³-hybridized carbons (Fsp3) is 0.562. The number of anilines is 1. The van der Waals surface area contributed by atoms with Crippen LogP contribution in [0.3, 0.4) is 0 Å². The van der Waals surface area contributed by atoms with Crippen LogP contribution in [0.25, 0.3) is 0 Å². The molecule has 3 rings (SSSR count). The topological polar surface area (TPSA) is 66.3 Å². The molecule has 1 N–H and O–H groups in total. The molecule has 2 aromatic rings. The number of aryl methyl sites for hydroxylation is 2. The van der Waals surface area contributed by atoms with Crippen LogP contribution in [0.1, 0.15) is 17.1 Å². The molecule has 0 aliphatic carbocycles. The minimum atomic E-state index is -0.477. The van der Waals surface area contributed by atoms with E-state index in [4.69, 9.17) is 0 Å². The van der Waals surface area contributed by atoms with E-state index >= 15 is 0 Å². The number of hydrogen-bond donors (Lipinski definition) is 1. The van der Waals surface area contributed by atoms with Crippen molar-refractivity contribution >= 4 is 23.2 Å². The number of halogens is 1. The Balaban J connectivity index is 1.50. The molecule has 25 heavy (non-hydrogen) atoms. The first kappa shape index (κ1) is 17.8. The summed E-state index contributed by atoms with van der Waals surface area (Å²) in [5.74, 6) is 0.456. The number of nitrogens with one attached hydrogen (secondary N) is 1. The summed E-state index contributed by atoms with van der Waals surface area (Å²) in [5.41, 5.74) is 1.10. The van der Waals surface area contributed by atoms with Crippen LogP contribution in [0.4, 0.5) is 15.0 Å². The molecule has 0 unspecified atom stereocenters. The summed E-state index contributed by atoms with van der Waals surface area (Å²) in [5, 5.41) is 10.1. The highest BCUT2D eigenvalue weighted by Crippen LogP contribution is 2.13. The van der Waals surface area contributed by atoms with Gasteiger partial charge in [-0.15, -0.1) is 11.3 Å². The van der Waals surface area contributed by atoms with Gasteiger partial charge in [0, 0.05) is 50.4 Å². The Morgan fingerprint density at radius 2 is 2.24 bits per heavy atom. The van der Waals surface area contributed by atoms with Gasteiger partial charge in [-0.2, -0.15) is 5.10 Å². The van der Waals surface area contributed by atoms with Crippen LogP contribution in [-0.4, -0.2) is 63.4 Å². The predicted octanol–water partition coefficient (Wildman–Crippen LogP) is 2.36. The maximum atomic E-state index is 12.4. The Kier molecular flexibility index (Phi) is 5.98. The summed E-state index contributed by atoms with van der Waals surface area (Å²) in [4.78, 5) is 21.1. The van der Waals surface area contributed by atoms with Crippen LogP contribution in [0.15, 0.2) is 17.6 Å². The smallest absolute Gasteiger partial charge is 0.323 e. The number of thiazole rings is 1. The largest absolute Gasteiger partial charge is 0.323 e. The van der Waals surface area contributed by atoms with Crippen molar-refractivity contribution in [3.63, 3.8) is 0 Å². The Hall–Kier alpha value is -2.00. The summed E-state index contributed by atoms with van der Waals surface area (Å²) in [7, 11) is 0. The van der Waals surface area contributed by atoms with Crippen LogP contribution in [0, 0.1) is 6.92 Å². The summed E-state index contributed by atoms with van der Waals surface area (Å²) in [6.45, 7) is 5.71. The zero-order valence-electron chi connectivity index (χ0n) is 14.3. The quantitative estimate of drug-likeness (QED) is 0.882. The third-order valence-electron chi connectivity index (χ3n) is 4.12. The van der Waals surface area contributed by atoms with E-state index < -0.39 is 6.67 Å². The van der Waals surface area contributed by atoms with Gasteiger partial charge in [0.15, 0.2) is 5.82 Å². The van der Waals surface area contributed by atoms with Crippen molar-refractivity contribution in [1.82, 2.24) is 24.6 Å². The molecule has 0 radical (unpaired) electrons. The molecule has 0 aromatic carbocycles. The van der Waals surface area contributed by atoms with Crippen molar-refractivity contribution in [1.29, 1.82) is 0 Å². The zero-order valence-corrected chi connectivity index (χ0v) is 15.1. The Labute approximate surface area is 150 Å². The van der Waals surface area contributed by atoms with Crippen molar-refractivity contribution in [3.8, 4) is 0 Å². The lowest BCUT2D eigenvalue weighted by atomic mass is 10.3. The third-order valence-corrected chi connectivity index (χ3v) is 4.94. The highest BCUT2D eigenvalue weighted by molar-refractivity contribution is 7.09. The van der Waals surface area contributed by atoms with E-state index in [9.17, 15) is 9.18 Å². The minimum absolute atomic E-state index is 0.156. The van der Waals surface area contributed by atoms with Crippen LogP contribution in [0.2, 0.25) is 0 Å². The monoisotopic (exact) mass is 366 g/mol. The van der Waals surface area contributed by atoms with Gasteiger partial charge in [-0.25, -0.2) is 14.2 Å². The van der Waals surface area contributed by atoms with E-state index in [2.05, 4.69) is 25.7 Å². The second-order valence-corrected chi connectivity index (χ2v) is 7.12. The number of nitrogens with zero attached hydrogens (tertiary/aromatic N) is 5. The molecule has 0 bridgehead atoms. The van der Waals surface area contributed by atoms with Gasteiger partial charge in [0.1, 0.15) is 6.67 Å². The normalized spacial score (nSPS) is 16.0. The number of carbonyl (C=O) groups is 1. The van der Waals surface area contributed by atoms with Crippen molar-refractivity contribution in [2.45, 2.75) is 26.4 Å². The zero-order chi connectivity index (χ0) is 17.6. The Morgan fingerprint density at radius 3 is 3.00 bits per heavy atom. The van der Waals surface area contributed by atoms with Crippen LogP contribution in [0.5, 0.6) is 0 Å². The molecule has 7 nitrogen and oxygen atoms in total. The molecular weight excluding hydrogens is 343 g/mol. The molecule has 2 amide bonds. The van der Waals surface area contributed by atoms with Crippen molar-refractivity contribution in [2.75, 3.05) is 38.2 Å². The number of hydrogen-bond acceptors (Lipinski definition) is 5. The lowest BCUT2D eigenvalue weighted by Gasteiger charge is -2.21. The van der Waals surface area contributed by atoms with E-state index in [1.165, 1.54) is 4.68 Å². The fourth-order valence-corrected chi connectivity index (χ4v) is 3.47. The van der Waals surface area contributed by atoms with Gasteiger partial charge in [0.25, 0.3) is 0 Å². The SMILES string of the molecule is Cc1nc(CN2CCCN(C(=O)Nc3ccn(CCF)n3)CC2)cs1. The van der Waals surface area contributed by atoms with Gasteiger partial charge >= 0.3 is 6.03 Å². The first-order valence-corrected chi connectivity index (χ1v) is 9.31. The lowest BCUT2D eigenvalue weighted by molar-refractivity contribution is 0.210. The van der Waals surface area contributed by atoms with Gasteiger partial charge in [-0.05, 0) is 13.3 Å². The van der Waals surface area contributed by atoms with Gasteiger partial charge in [-0.3, -0.25) is 14.9 Å². The Bertz CT molecular complexity index is 702. The summed E-state index contributed by atoms with van der Waals surface area (Å²) in [6.07, 6.45) is 2.59. The molecule has 136 valence electrons. The first-order chi connectivity index (χ1) is 12.1. The molecule has 1 aliphatic heterocycles. The van der Waals surface area contributed by atoms with E-state index in [1.807, 2.05) is 6.92 Å². The van der Waals surface area contributed by atoms with Crippen LogP contribution >= 0.6 is 11.3 Å². The number of urea groups is 1. The van der Waals surface area contributed by atoms with Crippen molar-refractivity contribution in [3.05, 3.63) is 28.3 Å². The van der Waals surface area contributed by atoms with Crippen molar-refractivity contribution < 1.29 is 9.18 Å². The number of carbonyl (C=O) groups excluding carboxylic acids is 1. The van der Waals surface area contributed by atoms with Gasteiger partial charge < -0.3 is 4.90 Å². The standard InChI is InChI=1S/C16H23FN6OS/c1-13-18-14(12-25-13)11-21-5-2-6-22(10-9-21)16(24)19-15-3-7-23(20-15)8-4-17/h3,7,12H,2,4-6,8-11H2,1H3,(H,19,20,24). The third kappa shape index (κ3) is 4.99.